The second kappa shape index (κ2) is 9.53. The number of amides is 1. The molecular weight excluding hydrogens is 417 g/mol. The van der Waals surface area contributed by atoms with Gasteiger partial charge in [0.15, 0.2) is 0 Å². The fourth-order valence-electron chi connectivity index (χ4n) is 2.91. The molecule has 1 atom stereocenters. The van der Waals surface area contributed by atoms with Crippen molar-refractivity contribution in [3.05, 3.63) is 64.0 Å². The molecule has 0 fully saturated rings. The number of ether oxygens (including phenoxy) is 1. The van der Waals surface area contributed by atoms with Gasteiger partial charge in [-0.25, -0.2) is 12.8 Å². The minimum Gasteiger partial charge on any atom is -0.495 e. The average Bonchev–Trinajstić information content (AvgIpc) is 2.69. The van der Waals surface area contributed by atoms with E-state index in [-0.39, 0.29) is 30.1 Å². The van der Waals surface area contributed by atoms with Crippen LogP contribution in [-0.4, -0.2) is 38.7 Å². The second-order valence-electron chi connectivity index (χ2n) is 6.44. The Labute approximate surface area is 173 Å². The summed E-state index contributed by atoms with van der Waals surface area (Å²) in [6, 6.07) is 7.80. The van der Waals surface area contributed by atoms with Crippen LogP contribution in [0.25, 0.3) is 0 Å². The smallest absolute Gasteiger partial charge is 0.271 e. The molecule has 2 rings (SSSR count). The first-order valence-electron chi connectivity index (χ1n) is 8.92. The number of hydrogen-bond donors (Lipinski definition) is 1. The number of methoxy groups -OCH3 is 1. The first kappa shape index (κ1) is 23.1. The van der Waals surface area contributed by atoms with Crippen LogP contribution in [0.3, 0.4) is 0 Å². The zero-order chi connectivity index (χ0) is 22.5. The van der Waals surface area contributed by atoms with Crippen molar-refractivity contribution in [3.63, 3.8) is 0 Å². The van der Waals surface area contributed by atoms with Gasteiger partial charge in [-0.2, -0.15) is 0 Å². The first-order chi connectivity index (χ1) is 14.1. The van der Waals surface area contributed by atoms with Gasteiger partial charge in [-0.15, -0.1) is 0 Å². The molecule has 0 heterocycles. The predicted octanol–water partition coefficient (Wildman–Crippen LogP) is 2.60. The van der Waals surface area contributed by atoms with E-state index in [1.54, 1.807) is 6.92 Å². The molecule has 0 radical (unpaired) electrons. The van der Waals surface area contributed by atoms with E-state index < -0.39 is 32.7 Å². The van der Waals surface area contributed by atoms with Gasteiger partial charge in [0, 0.05) is 18.7 Å². The normalized spacial score (nSPS) is 12.1. The lowest BCUT2D eigenvalue weighted by molar-refractivity contribution is -0.384. The largest absolute Gasteiger partial charge is 0.495 e. The molecule has 0 saturated heterocycles. The fraction of sp³-hybridized carbons (Fsp3) is 0.316. The van der Waals surface area contributed by atoms with E-state index in [2.05, 4.69) is 5.32 Å². The summed E-state index contributed by atoms with van der Waals surface area (Å²) in [5, 5.41) is 13.8. The van der Waals surface area contributed by atoms with Gasteiger partial charge in [0.2, 0.25) is 15.9 Å². The monoisotopic (exact) mass is 439 g/mol. The number of benzene rings is 2. The summed E-state index contributed by atoms with van der Waals surface area (Å²) in [7, 11) is -2.73. The van der Waals surface area contributed by atoms with Gasteiger partial charge in [0.1, 0.15) is 23.3 Å². The summed E-state index contributed by atoms with van der Waals surface area (Å²) >= 11 is 0. The Morgan fingerprint density at radius 3 is 2.40 bits per heavy atom. The molecule has 30 heavy (non-hydrogen) atoms. The highest BCUT2D eigenvalue weighted by atomic mass is 32.2. The Morgan fingerprint density at radius 2 is 1.90 bits per heavy atom. The number of nitro benzene ring substituents is 1. The van der Waals surface area contributed by atoms with E-state index in [4.69, 9.17) is 4.74 Å². The lowest BCUT2D eigenvalue weighted by Gasteiger charge is -2.31. The van der Waals surface area contributed by atoms with Crippen LogP contribution in [0.4, 0.5) is 15.8 Å². The summed E-state index contributed by atoms with van der Waals surface area (Å²) in [6.45, 7) is 1.67. The minimum atomic E-state index is -4.02. The summed E-state index contributed by atoms with van der Waals surface area (Å²) in [5.74, 6) is -0.964. The molecule has 0 aromatic heterocycles. The van der Waals surface area contributed by atoms with Crippen LogP contribution < -0.4 is 14.4 Å². The highest BCUT2D eigenvalue weighted by Crippen LogP contribution is 2.35. The van der Waals surface area contributed by atoms with Crippen LogP contribution >= 0.6 is 0 Å². The molecule has 2 aromatic carbocycles. The minimum absolute atomic E-state index is 0.0548. The maximum atomic E-state index is 13.0. The topological polar surface area (TPSA) is 119 Å². The Kier molecular flexibility index (Phi) is 7.33. The number of halogens is 1. The number of carbonyl (C=O) groups is 1. The number of nitro groups is 1. The third-order valence-corrected chi connectivity index (χ3v) is 5.49. The SMILES string of the molecule is CCC(C(=O)NCc1ccc(F)cc1)N(c1cc([N+](=O)[O-])ccc1OC)S(C)(=O)=O. The number of rotatable bonds is 9. The molecule has 11 heteroatoms. The number of anilines is 1. The number of hydrogen-bond acceptors (Lipinski definition) is 6. The van der Waals surface area contributed by atoms with E-state index >= 15 is 0 Å². The molecule has 0 aliphatic rings. The number of sulfonamides is 1. The Hall–Kier alpha value is -3.21. The molecule has 0 bridgehead atoms. The second-order valence-corrected chi connectivity index (χ2v) is 8.30. The molecule has 1 unspecified atom stereocenters. The van der Waals surface area contributed by atoms with Crippen molar-refractivity contribution in [2.24, 2.45) is 0 Å². The zero-order valence-electron chi connectivity index (χ0n) is 16.7. The molecule has 9 nitrogen and oxygen atoms in total. The van der Waals surface area contributed by atoms with E-state index in [0.29, 0.717) is 5.56 Å². The van der Waals surface area contributed by atoms with E-state index in [1.165, 1.54) is 43.5 Å². The number of carbonyl (C=O) groups excluding carboxylic acids is 1. The summed E-state index contributed by atoms with van der Waals surface area (Å²) < 4.78 is 44.2. The predicted molar refractivity (Wildman–Crippen MR) is 109 cm³/mol. The highest BCUT2D eigenvalue weighted by molar-refractivity contribution is 7.92. The highest BCUT2D eigenvalue weighted by Gasteiger charge is 2.34. The van der Waals surface area contributed by atoms with Gasteiger partial charge in [0.25, 0.3) is 5.69 Å². The zero-order valence-corrected chi connectivity index (χ0v) is 17.5. The Balaban J connectivity index is 2.41. The van der Waals surface area contributed by atoms with Crippen molar-refractivity contribution < 1.29 is 27.3 Å². The van der Waals surface area contributed by atoms with Crippen molar-refractivity contribution in [1.82, 2.24) is 5.32 Å². The summed E-state index contributed by atoms with van der Waals surface area (Å²) in [4.78, 5) is 23.3. The van der Waals surface area contributed by atoms with Crippen LogP contribution in [0.2, 0.25) is 0 Å². The summed E-state index contributed by atoms with van der Waals surface area (Å²) in [5.41, 5.74) is 0.164. The maximum absolute atomic E-state index is 13.0. The summed E-state index contributed by atoms with van der Waals surface area (Å²) in [6.07, 6.45) is 0.995. The van der Waals surface area contributed by atoms with Crippen LogP contribution in [0, 0.1) is 15.9 Å². The molecule has 162 valence electrons. The molecule has 0 spiro atoms. The standard InChI is InChI=1S/C19H22FN3O6S/c1-4-16(19(24)21-12-13-5-7-14(20)8-6-13)22(30(3,27)28)17-11-15(23(25)26)9-10-18(17)29-2/h5-11,16H,4,12H2,1-3H3,(H,21,24). The van der Waals surface area contributed by atoms with E-state index in [1.807, 2.05) is 0 Å². The molecule has 1 amide bonds. The van der Waals surface area contributed by atoms with Gasteiger partial charge >= 0.3 is 0 Å². The lowest BCUT2D eigenvalue weighted by atomic mass is 10.1. The third kappa shape index (κ3) is 5.44. The fourth-order valence-corrected chi connectivity index (χ4v) is 4.12. The van der Waals surface area contributed by atoms with Crippen LogP contribution in [0.5, 0.6) is 5.75 Å². The first-order valence-corrected chi connectivity index (χ1v) is 10.8. The number of nitrogens with one attached hydrogen (secondary N) is 1. The molecule has 0 aliphatic heterocycles. The molecular formula is C19H22FN3O6S. The van der Waals surface area contributed by atoms with Crippen molar-refractivity contribution >= 4 is 27.3 Å². The van der Waals surface area contributed by atoms with Crippen LogP contribution in [0.1, 0.15) is 18.9 Å². The molecule has 1 N–H and O–H groups in total. The lowest BCUT2D eigenvalue weighted by Crippen LogP contribution is -2.49. The Morgan fingerprint density at radius 1 is 1.27 bits per heavy atom. The van der Waals surface area contributed by atoms with Crippen molar-refractivity contribution in [1.29, 1.82) is 0 Å². The van der Waals surface area contributed by atoms with Crippen LogP contribution in [0.15, 0.2) is 42.5 Å². The van der Waals surface area contributed by atoms with E-state index in [0.717, 1.165) is 16.6 Å². The van der Waals surface area contributed by atoms with Gasteiger partial charge in [0.05, 0.1) is 18.3 Å². The van der Waals surface area contributed by atoms with Crippen molar-refractivity contribution in [2.45, 2.75) is 25.9 Å². The molecule has 0 aliphatic carbocycles. The van der Waals surface area contributed by atoms with Crippen LogP contribution in [-0.2, 0) is 21.4 Å². The average molecular weight is 439 g/mol. The third-order valence-electron chi connectivity index (χ3n) is 4.32. The van der Waals surface area contributed by atoms with Gasteiger partial charge in [-0.3, -0.25) is 19.2 Å². The van der Waals surface area contributed by atoms with Gasteiger partial charge in [-0.05, 0) is 30.2 Å². The van der Waals surface area contributed by atoms with E-state index in [9.17, 15) is 27.7 Å². The maximum Gasteiger partial charge on any atom is 0.271 e. The van der Waals surface area contributed by atoms with Crippen molar-refractivity contribution in [3.8, 4) is 5.75 Å². The number of nitrogens with zero attached hydrogens (tertiary/aromatic N) is 2. The van der Waals surface area contributed by atoms with Gasteiger partial charge in [-0.1, -0.05) is 19.1 Å². The molecule has 2 aromatic rings. The van der Waals surface area contributed by atoms with Crippen molar-refractivity contribution in [2.75, 3.05) is 17.7 Å². The molecule has 0 saturated carbocycles. The Bertz CT molecular complexity index is 1030. The number of non-ortho nitro benzene ring substituents is 1. The van der Waals surface area contributed by atoms with Gasteiger partial charge < -0.3 is 10.1 Å². The quantitative estimate of drug-likeness (QED) is 0.474.